The molecule has 1 atom stereocenters. The number of hydrogen-bond acceptors (Lipinski definition) is 4. The van der Waals surface area contributed by atoms with Gasteiger partial charge in [0.15, 0.2) is 0 Å². The van der Waals surface area contributed by atoms with Crippen LogP contribution in [0.3, 0.4) is 0 Å². The minimum absolute atomic E-state index is 0.486. The number of nitrogens with one attached hydrogen (secondary N) is 1. The molecule has 2 nitrogen and oxygen atoms in total. The summed E-state index contributed by atoms with van der Waals surface area (Å²) in [6, 6.07) is 6.25. The van der Waals surface area contributed by atoms with Crippen molar-refractivity contribution in [1.82, 2.24) is 0 Å². The second kappa shape index (κ2) is 7.41. The normalized spacial score (nSPS) is 18.5. The van der Waals surface area contributed by atoms with Gasteiger partial charge in [-0.15, -0.1) is 11.8 Å². The van der Waals surface area contributed by atoms with E-state index < -0.39 is 0 Å². The minimum atomic E-state index is 0.486. The molecule has 1 saturated heterocycles. The van der Waals surface area contributed by atoms with Crippen LogP contribution in [0.5, 0.6) is 0 Å². The van der Waals surface area contributed by atoms with Crippen molar-refractivity contribution >= 4 is 46.4 Å². The van der Waals surface area contributed by atoms with Crippen LogP contribution in [0.25, 0.3) is 0 Å². The summed E-state index contributed by atoms with van der Waals surface area (Å²) in [6.45, 7) is 3.16. The fourth-order valence-corrected chi connectivity index (χ4v) is 4.63. The highest BCUT2D eigenvalue weighted by Gasteiger charge is 2.17. The van der Waals surface area contributed by atoms with E-state index in [9.17, 15) is 0 Å². The van der Waals surface area contributed by atoms with E-state index in [1.54, 1.807) is 11.8 Å². The molecule has 104 valence electrons. The van der Waals surface area contributed by atoms with E-state index in [0.29, 0.717) is 4.99 Å². The number of anilines is 1. The van der Waals surface area contributed by atoms with Gasteiger partial charge in [0.2, 0.25) is 0 Å². The molecule has 19 heavy (non-hydrogen) atoms. The number of benzene rings is 1. The molecule has 1 aromatic carbocycles. The zero-order valence-corrected chi connectivity index (χ0v) is 13.6. The van der Waals surface area contributed by atoms with Crippen molar-refractivity contribution in [2.24, 2.45) is 11.7 Å². The van der Waals surface area contributed by atoms with E-state index in [1.807, 2.05) is 11.8 Å². The quantitative estimate of drug-likeness (QED) is 0.620. The van der Waals surface area contributed by atoms with Crippen molar-refractivity contribution in [1.29, 1.82) is 0 Å². The van der Waals surface area contributed by atoms with Gasteiger partial charge in [0.1, 0.15) is 4.99 Å². The van der Waals surface area contributed by atoms with Gasteiger partial charge in [-0.2, -0.15) is 11.8 Å². The molecule has 0 saturated carbocycles. The Morgan fingerprint density at radius 2 is 2.42 bits per heavy atom. The lowest BCUT2D eigenvalue weighted by Gasteiger charge is -2.17. The predicted octanol–water partition coefficient (Wildman–Crippen LogP) is 3.60. The maximum absolute atomic E-state index is 5.90. The highest BCUT2D eigenvalue weighted by molar-refractivity contribution is 7.99. The molecule has 1 aliphatic heterocycles. The Morgan fingerprint density at radius 3 is 3.05 bits per heavy atom. The molecule has 1 heterocycles. The second-order valence-electron chi connectivity index (χ2n) is 4.59. The summed E-state index contributed by atoms with van der Waals surface area (Å²) < 4.78 is 0. The first-order chi connectivity index (χ1) is 9.22. The Balaban J connectivity index is 2.13. The van der Waals surface area contributed by atoms with Crippen molar-refractivity contribution in [3.63, 3.8) is 0 Å². The van der Waals surface area contributed by atoms with Crippen LogP contribution in [0.2, 0.25) is 0 Å². The summed E-state index contributed by atoms with van der Waals surface area (Å²) in [7, 11) is 0. The monoisotopic (exact) mass is 312 g/mol. The predicted molar refractivity (Wildman–Crippen MR) is 92.6 cm³/mol. The molecule has 1 fully saturated rings. The summed E-state index contributed by atoms with van der Waals surface area (Å²) >= 11 is 9.06. The third kappa shape index (κ3) is 4.04. The Morgan fingerprint density at radius 1 is 1.58 bits per heavy atom. The molecule has 0 amide bonds. The highest BCUT2D eigenvalue weighted by atomic mass is 32.2. The third-order valence-corrected chi connectivity index (χ3v) is 5.55. The summed E-state index contributed by atoms with van der Waals surface area (Å²) in [6.07, 6.45) is 1.31. The van der Waals surface area contributed by atoms with Crippen molar-refractivity contribution in [3.8, 4) is 0 Å². The van der Waals surface area contributed by atoms with E-state index in [-0.39, 0.29) is 0 Å². The average molecular weight is 313 g/mol. The van der Waals surface area contributed by atoms with Crippen LogP contribution < -0.4 is 11.1 Å². The average Bonchev–Trinajstić information content (AvgIpc) is 2.89. The van der Waals surface area contributed by atoms with Crippen LogP contribution >= 0.6 is 35.7 Å². The first-order valence-electron chi connectivity index (χ1n) is 6.59. The Bertz CT molecular complexity index is 442. The molecule has 0 bridgehead atoms. The van der Waals surface area contributed by atoms with Gasteiger partial charge in [0, 0.05) is 22.7 Å². The smallest absolute Gasteiger partial charge is 0.107 e. The Labute approximate surface area is 129 Å². The standard InChI is InChI=1S/C14H20N2S3/c1-2-19-12-5-3-4-11(13(12)14(15)17)16-8-10-6-7-18-9-10/h3-5,10,16H,2,6-9H2,1H3,(H2,15,17). The molecule has 3 N–H and O–H groups in total. The van der Waals surface area contributed by atoms with E-state index in [0.717, 1.165) is 29.5 Å². The second-order valence-corrected chi connectivity index (χ2v) is 7.48. The molecular formula is C14H20N2S3. The molecule has 1 unspecified atom stereocenters. The van der Waals surface area contributed by atoms with E-state index in [1.165, 1.54) is 22.8 Å². The van der Waals surface area contributed by atoms with Gasteiger partial charge in [0.05, 0.1) is 0 Å². The molecular weight excluding hydrogens is 292 g/mol. The van der Waals surface area contributed by atoms with Gasteiger partial charge in [-0.3, -0.25) is 0 Å². The molecule has 0 spiro atoms. The fraction of sp³-hybridized carbons (Fsp3) is 0.500. The number of nitrogens with two attached hydrogens (primary N) is 1. The minimum Gasteiger partial charge on any atom is -0.389 e. The van der Waals surface area contributed by atoms with Crippen LogP contribution in [0.15, 0.2) is 23.1 Å². The molecule has 1 aromatic rings. The van der Waals surface area contributed by atoms with Gasteiger partial charge >= 0.3 is 0 Å². The summed E-state index contributed by atoms with van der Waals surface area (Å²) in [5.74, 6) is 4.35. The van der Waals surface area contributed by atoms with Crippen LogP contribution in [0.4, 0.5) is 5.69 Å². The van der Waals surface area contributed by atoms with Crippen molar-refractivity contribution in [3.05, 3.63) is 23.8 Å². The number of hydrogen-bond donors (Lipinski definition) is 2. The van der Waals surface area contributed by atoms with Crippen molar-refractivity contribution < 1.29 is 0 Å². The van der Waals surface area contributed by atoms with Crippen molar-refractivity contribution in [2.45, 2.75) is 18.2 Å². The first-order valence-corrected chi connectivity index (χ1v) is 9.14. The molecule has 5 heteroatoms. The van der Waals surface area contributed by atoms with Gasteiger partial charge < -0.3 is 11.1 Å². The summed E-state index contributed by atoms with van der Waals surface area (Å²) in [5.41, 5.74) is 8.00. The number of thiocarbonyl (C=S) groups is 1. The Kier molecular flexibility index (Phi) is 5.85. The SMILES string of the molecule is CCSc1cccc(NCC2CCSC2)c1C(N)=S. The van der Waals surface area contributed by atoms with Crippen LogP contribution in [-0.2, 0) is 0 Å². The largest absolute Gasteiger partial charge is 0.389 e. The van der Waals surface area contributed by atoms with Gasteiger partial charge in [0.25, 0.3) is 0 Å². The maximum Gasteiger partial charge on any atom is 0.107 e. The molecule has 0 aromatic heterocycles. The number of thioether (sulfide) groups is 2. The van der Waals surface area contributed by atoms with Crippen LogP contribution in [0.1, 0.15) is 18.9 Å². The molecule has 1 aliphatic rings. The number of rotatable bonds is 6. The fourth-order valence-electron chi connectivity index (χ4n) is 2.21. The third-order valence-electron chi connectivity index (χ3n) is 3.18. The van der Waals surface area contributed by atoms with Gasteiger partial charge in [-0.25, -0.2) is 0 Å². The molecule has 0 aliphatic carbocycles. The zero-order chi connectivity index (χ0) is 13.7. The highest BCUT2D eigenvalue weighted by Crippen LogP contribution is 2.30. The lowest BCUT2D eigenvalue weighted by molar-refractivity contribution is 0.631. The lowest BCUT2D eigenvalue weighted by Crippen LogP contribution is -2.18. The summed E-state index contributed by atoms with van der Waals surface area (Å²) in [5, 5.41) is 3.54. The van der Waals surface area contributed by atoms with Gasteiger partial charge in [-0.05, 0) is 41.7 Å². The molecule has 2 rings (SSSR count). The van der Waals surface area contributed by atoms with E-state index in [2.05, 4.69) is 30.4 Å². The lowest BCUT2D eigenvalue weighted by atomic mass is 10.1. The van der Waals surface area contributed by atoms with Crippen LogP contribution in [0, 0.1) is 5.92 Å². The Hall–Kier alpha value is -0.390. The van der Waals surface area contributed by atoms with Gasteiger partial charge in [-0.1, -0.05) is 25.2 Å². The van der Waals surface area contributed by atoms with Crippen LogP contribution in [-0.4, -0.2) is 28.8 Å². The zero-order valence-electron chi connectivity index (χ0n) is 11.1. The van der Waals surface area contributed by atoms with E-state index >= 15 is 0 Å². The topological polar surface area (TPSA) is 38.0 Å². The van der Waals surface area contributed by atoms with E-state index in [4.69, 9.17) is 18.0 Å². The molecule has 0 radical (unpaired) electrons. The summed E-state index contributed by atoms with van der Waals surface area (Å²) in [4.78, 5) is 1.67. The van der Waals surface area contributed by atoms with Crippen molar-refractivity contribution in [2.75, 3.05) is 29.1 Å². The maximum atomic E-state index is 5.90. The first kappa shape index (κ1) is 15.0.